The fourth-order valence-electron chi connectivity index (χ4n) is 1.26. The largest absolute Gasteiger partial charge is 0.478 e. The number of benzene rings is 1. The normalized spacial score (nSPS) is 9.68. The maximum absolute atomic E-state index is 13.4. The Morgan fingerprint density at radius 3 is 2.68 bits per heavy atom. The van der Waals surface area contributed by atoms with Gasteiger partial charge in [0.2, 0.25) is 5.88 Å². The molecule has 1 heterocycles. The second-order valence-electron chi connectivity index (χ2n) is 3.42. The molecule has 0 amide bonds. The van der Waals surface area contributed by atoms with Gasteiger partial charge in [0.1, 0.15) is 6.07 Å². The zero-order chi connectivity index (χ0) is 13.8. The average Bonchev–Trinajstić information content (AvgIpc) is 2.42. The SMILES string of the molecule is N#Cc1ccc(Oc2cc(C(=O)O)ccc2F)nn1. The molecule has 0 spiro atoms. The van der Waals surface area contributed by atoms with Crippen LogP contribution in [0.15, 0.2) is 30.3 Å². The maximum atomic E-state index is 13.4. The molecule has 0 aliphatic carbocycles. The molecule has 0 saturated carbocycles. The summed E-state index contributed by atoms with van der Waals surface area (Å²) in [5.41, 5.74) is -0.0230. The molecule has 19 heavy (non-hydrogen) atoms. The van der Waals surface area contributed by atoms with Crippen LogP contribution in [0.25, 0.3) is 0 Å². The van der Waals surface area contributed by atoms with Crippen molar-refractivity contribution in [3.05, 3.63) is 47.4 Å². The molecule has 1 N–H and O–H groups in total. The van der Waals surface area contributed by atoms with Crippen molar-refractivity contribution in [3.63, 3.8) is 0 Å². The maximum Gasteiger partial charge on any atom is 0.335 e. The van der Waals surface area contributed by atoms with Crippen LogP contribution in [0.1, 0.15) is 16.1 Å². The fourth-order valence-corrected chi connectivity index (χ4v) is 1.26. The molecule has 0 saturated heterocycles. The molecule has 2 aromatic rings. The van der Waals surface area contributed by atoms with Gasteiger partial charge in [0.25, 0.3) is 0 Å². The number of carboxylic acid groups (broad SMARTS) is 1. The summed E-state index contributed by atoms with van der Waals surface area (Å²) < 4.78 is 18.5. The van der Waals surface area contributed by atoms with Gasteiger partial charge in [-0.05, 0) is 24.3 Å². The Labute approximate surface area is 106 Å². The van der Waals surface area contributed by atoms with E-state index in [1.807, 2.05) is 0 Å². The monoisotopic (exact) mass is 259 g/mol. The number of hydrogen-bond donors (Lipinski definition) is 1. The number of halogens is 1. The van der Waals surface area contributed by atoms with Gasteiger partial charge in [0.15, 0.2) is 17.3 Å². The second kappa shape index (κ2) is 5.10. The van der Waals surface area contributed by atoms with Crippen LogP contribution in [0.2, 0.25) is 0 Å². The summed E-state index contributed by atoms with van der Waals surface area (Å²) in [6.45, 7) is 0. The van der Waals surface area contributed by atoms with E-state index in [9.17, 15) is 9.18 Å². The van der Waals surface area contributed by atoms with Gasteiger partial charge >= 0.3 is 5.97 Å². The third-order valence-corrected chi connectivity index (χ3v) is 2.15. The number of ether oxygens (including phenoxy) is 1. The summed E-state index contributed by atoms with van der Waals surface area (Å²) in [4.78, 5) is 10.8. The molecule has 0 radical (unpaired) electrons. The van der Waals surface area contributed by atoms with Crippen molar-refractivity contribution in [1.29, 1.82) is 5.26 Å². The van der Waals surface area contributed by atoms with Crippen LogP contribution in [0, 0.1) is 17.1 Å². The van der Waals surface area contributed by atoms with E-state index in [-0.39, 0.29) is 22.9 Å². The van der Waals surface area contributed by atoms with Crippen molar-refractivity contribution < 1.29 is 19.0 Å². The molecule has 94 valence electrons. The molecule has 1 aromatic carbocycles. The van der Waals surface area contributed by atoms with Gasteiger partial charge in [-0.1, -0.05) is 0 Å². The van der Waals surface area contributed by atoms with E-state index in [1.165, 1.54) is 12.1 Å². The van der Waals surface area contributed by atoms with Crippen LogP contribution >= 0.6 is 0 Å². The third-order valence-electron chi connectivity index (χ3n) is 2.15. The van der Waals surface area contributed by atoms with E-state index in [0.29, 0.717) is 0 Å². The van der Waals surface area contributed by atoms with E-state index in [0.717, 1.165) is 18.2 Å². The summed E-state index contributed by atoms with van der Waals surface area (Å²) in [6, 6.07) is 7.59. The zero-order valence-electron chi connectivity index (χ0n) is 9.37. The highest BCUT2D eigenvalue weighted by Gasteiger charge is 2.11. The predicted molar refractivity (Wildman–Crippen MR) is 60.2 cm³/mol. The molecule has 2 rings (SSSR count). The molecule has 0 bridgehead atoms. The lowest BCUT2D eigenvalue weighted by Gasteiger charge is -2.05. The Morgan fingerprint density at radius 1 is 1.32 bits per heavy atom. The van der Waals surface area contributed by atoms with Gasteiger partial charge in [0.05, 0.1) is 5.56 Å². The molecule has 0 aliphatic rings. The highest BCUT2D eigenvalue weighted by atomic mass is 19.1. The van der Waals surface area contributed by atoms with Gasteiger partial charge < -0.3 is 9.84 Å². The average molecular weight is 259 g/mol. The number of aromatic nitrogens is 2. The predicted octanol–water partition coefficient (Wildman–Crippen LogP) is 1.98. The van der Waals surface area contributed by atoms with Crippen molar-refractivity contribution >= 4 is 5.97 Å². The lowest BCUT2D eigenvalue weighted by atomic mass is 10.2. The molecule has 1 aromatic heterocycles. The van der Waals surface area contributed by atoms with Crippen molar-refractivity contribution in [3.8, 4) is 17.7 Å². The summed E-state index contributed by atoms with van der Waals surface area (Å²) in [6.07, 6.45) is 0. The van der Waals surface area contributed by atoms with E-state index in [4.69, 9.17) is 15.1 Å². The smallest absolute Gasteiger partial charge is 0.335 e. The van der Waals surface area contributed by atoms with Crippen LogP contribution in [0.4, 0.5) is 4.39 Å². The Kier molecular flexibility index (Phi) is 3.34. The van der Waals surface area contributed by atoms with Crippen LogP contribution in [-0.4, -0.2) is 21.3 Å². The first-order valence-electron chi connectivity index (χ1n) is 5.04. The van der Waals surface area contributed by atoms with Crippen LogP contribution in [0.3, 0.4) is 0 Å². The number of nitrogens with zero attached hydrogens (tertiary/aromatic N) is 3. The van der Waals surface area contributed by atoms with Crippen LogP contribution in [0.5, 0.6) is 11.6 Å². The molecule has 7 heteroatoms. The standard InChI is InChI=1S/C12H6FN3O3/c13-9-3-1-7(12(17)18)5-10(9)19-11-4-2-8(6-14)15-16-11/h1-5H,(H,17,18). The number of carbonyl (C=O) groups is 1. The van der Waals surface area contributed by atoms with Crippen molar-refractivity contribution in [2.75, 3.05) is 0 Å². The molecule has 6 nitrogen and oxygen atoms in total. The lowest BCUT2D eigenvalue weighted by Crippen LogP contribution is -1.99. The first kappa shape index (κ1) is 12.4. The number of rotatable bonds is 3. The van der Waals surface area contributed by atoms with Gasteiger partial charge in [-0.25, -0.2) is 9.18 Å². The van der Waals surface area contributed by atoms with Gasteiger partial charge in [-0.2, -0.15) is 5.26 Å². The van der Waals surface area contributed by atoms with Crippen molar-refractivity contribution in [1.82, 2.24) is 10.2 Å². The molecular weight excluding hydrogens is 253 g/mol. The van der Waals surface area contributed by atoms with Crippen LogP contribution < -0.4 is 4.74 Å². The lowest BCUT2D eigenvalue weighted by molar-refractivity contribution is 0.0696. The third kappa shape index (κ3) is 2.81. The number of hydrogen-bond acceptors (Lipinski definition) is 5. The summed E-state index contributed by atoms with van der Waals surface area (Å²) in [5, 5.41) is 24.4. The molecule has 0 aliphatic heterocycles. The minimum atomic E-state index is -1.20. The Morgan fingerprint density at radius 2 is 2.11 bits per heavy atom. The molecular formula is C12H6FN3O3. The first-order valence-corrected chi connectivity index (χ1v) is 5.04. The molecule has 0 unspecified atom stereocenters. The summed E-state index contributed by atoms with van der Waals surface area (Å²) in [5.74, 6) is -2.24. The minimum absolute atomic E-state index is 0.0413. The van der Waals surface area contributed by atoms with Crippen LogP contribution in [-0.2, 0) is 0 Å². The Bertz CT molecular complexity index is 665. The Hall–Kier alpha value is -3.01. The number of carboxylic acids is 1. The number of nitriles is 1. The van der Waals surface area contributed by atoms with Crippen molar-refractivity contribution in [2.24, 2.45) is 0 Å². The molecule has 0 fully saturated rings. The van der Waals surface area contributed by atoms with E-state index in [1.54, 1.807) is 6.07 Å². The minimum Gasteiger partial charge on any atom is -0.478 e. The first-order chi connectivity index (χ1) is 9.10. The van der Waals surface area contributed by atoms with E-state index < -0.39 is 11.8 Å². The van der Waals surface area contributed by atoms with Gasteiger partial charge in [0, 0.05) is 6.07 Å². The Balaban J connectivity index is 2.29. The highest BCUT2D eigenvalue weighted by molar-refractivity contribution is 5.88. The van der Waals surface area contributed by atoms with Crippen molar-refractivity contribution in [2.45, 2.75) is 0 Å². The van der Waals surface area contributed by atoms with E-state index >= 15 is 0 Å². The van der Waals surface area contributed by atoms with E-state index in [2.05, 4.69) is 10.2 Å². The summed E-state index contributed by atoms with van der Waals surface area (Å²) >= 11 is 0. The topological polar surface area (TPSA) is 96.1 Å². The zero-order valence-corrected chi connectivity index (χ0v) is 9.37. The number of aromatic carboxylic acids is 1. The van der Waals surface area contributed by atoms with Gasteiger partial charge in [-0.15, -0.1) is 10.2 Å². The molecule has 0 atom stereocenters. The summed E-state index contributed by atoms with van der Waals surface area (Å²) in [7, 11) is 0. The highest BCUT2D eigenvalue weighted by Crippen LogP contribution is 2.23. The quantitative estimate of drug-likeness (QED) is 0.905. The fraction of sp³-hybridized carbons (Fsp3) is 0. The van der Waals surface area contributed by atoms with Gasteiger partial charge in [-0.3, -0.25) is 0 Å². The second-order valence-corrected chi connectivity index (χ2v) is 3.42.